The third-order valence-corrected chi connectivity index (χ3v) is 3.54. The third-order valence-electron chi connectivity index (χ3n) is 3.54. The Kier molecular flexibility index (Phi) is 4.74. The highest BCUT2D eigenvalue weighted by atomic mass is 16.4. The van der Waals surface area contributed by atoms with Crippen molar-refractivity contribution < 1.29 is 9.90 Å². The maximum Gasteiger partial charge on any atom is 0.308 e. The van der Waals surface area contributed by atoms with E-state index < -0.39 is 5.97 Å². The van der Waals surface area contributed by atoms with Crippen molar-refractivity contribution in [2.75, 3.05) is 27.2 Å². The van der Waals surface area contributed by atoms with Gasteiger partial charge in [-0.05, 0) is 40.4 Å². The lowest BCUT2D eigenvalue weighted by Crippen LogP contribution is -2.55. The van der Waals surface area contributed by atoms with E-state index in [1.807, 2.05) is 0 Å². The highest BCUT2D eigenvalue weighted by molar-refractivity contribution is 5.72. The molecule has 1 fully saturated rings. The summed E-state index contributed by atoms with van der Waals surface area (Å²) in [5.74, 6) is -0.781. The quantitative estimate of drug-likeness (QED) is 0.740. The average Bonchev–Trinajstić information content (AvgIpc) is 2.09. The number of nitrogens with zero attached hydrogens (tertiary/aromatic N) is 2. The van der Waals surface area contributed by atoms with E-state index in [1.165, 1.54) is 0 Å². The zero-order valence-corrected chi connectivity index (χ0v) is 10.8. The second-order valence-electron chi connectivity index (χ2n) is 5.03. The molecule has 0 aromatic rings. The highest BCUT2D eigenvalue weighted by Gasteiger charge is 2.41. The summed E-state index contributed by atoms with van der Waals surface area (Å²) in [5, 5.41) is 9.07. The summed E-state index contributed by atoms with van der Waals surface area (Å²) in [6.45, 7) is 6.21. The van der Waals surface area contributed by atoms with Crippen LogP contribution in [0.3, 0.4) is 0 Å². The largest absolute Gasteiger partial charge is 0.481 e. The van der Waals surface area contributed by atoms with E-state index in [2.05, 4.69) is 37.7 Å². The fourth-order valence-corrected chi connectivity index (χ4v) is 2.67. The van der Waals surface area contributed by atoms with Crippen molar-refractivity contribution in [3.05, 3.63) is 0 Å². The van der Waals surface area contributed by atoms with E-state index in [4.69, 9.17) is 5.11 Å². The van der Waals surface area contributed by atoms with Crippen molar-refractivity contribution in [1.29, 1.82) is 0 Å². The summed E-state index contributed by atoms with van der Waals surface area (Å²) < 4.78 is 0. The van der Waals surface area contributed by atoms with Gasteiger partial charge < -0.3 is 10.0 Å². The van der Waals surface area contributed by atoms with Crippen LogP contribution in [0.5, 0.6) is 0 Å². The zero-order chi connectivity index (χ0) is 12.3. The Hall–Kier alpha value is -0.610. The molecule has 1 aliphatic carbocycles. The van der Waals surface area contributed by atoms with Gasteiger partial charge in [0.2, 0.25) is 0 Å². The monoisotopic (exact) mass is 228 g/mol. The molecule has 0 heterocycles. The smallest absolute Gasteiger partial charge is 0.308 e. The predicted octanol–water partition coefficient (Wildman–Crippen LogP) is 1.12. The van der Waals surface area contributed by atoms with Gasteiger partial charge in [-0.2, -0.15) is 0 Å². The second-order valence-corrected chi connectivity index (χ2v) is 5.03. The van der Waals surface area contributed by atoms with Crippen LogP contribution in [-0.2, 0) is 4.79 Å². The third kappa shape index (κ3) is 2.95. The van der Waals surface area contributed by atoms with Crippen LogP contribution in [-0.4, -0.2) is 60.1 Å². The molecule has 1 saturated carbocycles. The van der Waals surface area contributed by atoms with Crippen molar-refractivity contribution >= 4 is 5.97 Å². The molecule has 0 aliphatic heterocycles. The Bertz CT molecular complexity index is 243. The minimum atomic E-state index is -0.633. The normalized spacial score (nSPS) is 26.9. The molecule has 16 heavy (non-hydrogen) atoms. The van der Waals surface area contributed by atoms with E-state index in [0.717, 1.165) is 25.9 Å². The van der Waals surface area contributed by atoms with E-state index >= 15 is 0 Å². The molecule has 0 radical (unpaired) electrons. The predicted molar refractivity (Wildman–Crippen MR) is 64.5 cm³/mol. The molecule has 4 nitrogen and oxygen atoms in total. The minimum absolute atomic E-state index is 0.149. The number of rotatable bonds is 6. The lowest BCUT2D eigenvalue weighted by molar-refractivity contribution is -0.149. The van der Waals surface area contributed by atoms with E-state index in [9.17, 15) is 4.79 Å². The SMILES string of the molecule is CCN(C(C)CN(C)C)C1CCC1C(=O)O. The Labute approximate surface area is 98.2 Å². The fourth-order valence-electron chi connectivity index (χ4n) is 2.67. The van der Waals surface area contributed by atoms with Gasteiger partial charge in [0.1, 0.15) is 0 Å². The minimum Gasteiger partial charge on any atom is -0.481 e. The first-order valence-electron chi connectivity index (χ1n) is 6.10. The lowest BCUT2D eigenvalue weighted by atomic mass is 9.78. The van der Waals surface area contributed by atoms with Gasteiger partial charge in [-0.1, -0.05) is 6.92 Å². The molecule has 3 atom stereocenters. The van der Waals surface area contributed by atoms with Crippen LogP contribution in [0.25, 0.3) is 0 Å². The van der Waals surface area contributed by atoms with Crippen LogP contribution in [0, 0.1) is 5.92 Å². The molecular weight excluding hydrogens is 204 g/mol. The molecule has 3 unspecified atom stereocenters. The fraction of sp³-hybridized carbons (Fsp3) is 0.917. The molecule has 0 spiro atoms. The van der Waals surface area contributed by atoms with Gasteiger partial charge >= 0.3 is 5.97 Å². The molecule has 1 N–H and O–H groups in total. The van der Waals surface area contributed by atoms with Crippen molar-refractivity contribution in [3.63, 3.8) is 0 Å². The molecule has 4 heteroatoms. The Morgan fingerprint density at radius 2 is 2.06 bits per heavy atom. The molecule has 1 aliphatic rings. The number of aliphatic carboxylic acids is 1. The summed E-state index contributed by atoms with van der Waals surface area (Å²) in [7, 11) is 4.11. The second kappa shape index (κ2) is 5.64. The van der Waals surface area contributed by atoms with Crippen LogP contribution in [0.1, 0.15) is 26.7 Å². The van der Waals surface area contributed by atoms with Crippen LogP contribution in [0.2, 0.25) is 0 Å². The molecule has 94 valence electrons. The average molecular weight is 228 g/mol. The first kappa shape index (κ1) is 13.5. The zero-order valence-electron chi connectivity index (χ0n) is 10.8. The van der Waals surface area contributed by atoms with Gasteiger partial charge in [0.15, 0.2) is 0 Å². The van der Waals surface area contributed by atoms with Gasteiger partial charge in [-0.3, -0.25) is 9.69 Å². The lowest BCUT2D eigenvalue weighted by Gasteiger charge is -2.45. The van der Waals surface area contributed by atoms with Crippen LogP contribution in [0.15, 0.2) is 0 Å². The number of carboxylic acid groups (broad SMARTS) is 1. The standard InChI is InChI=1S/C12H24N2O2/c1-5-14(9(2)8-13(3)4)11-7-6-10(11)12(15)16/h9-11H,5-8H2,1-4H3,(H,15,16). The van der Waals surface area contributed by atoms with Gasteiger partial charge in [0.05, 0.1) is 5.92 Å². The molecule has 0 saturated heterocycles. The van der Waals surface area contributed by atoms with Gasteiger partial charge in [0.25, 0.3) is 0 Å². The summed E-state index contributed by atoms with van der Waals surface area (Å²) in [6.07, 6.45) is 1.87. The molecule has 0 aromatic heterocycles. The van der Waals surface area contributed by atoms with Gasteiger partial charge in [0, 0.05) is 18.6 Å². The van der Waals surface area contributed by atoms with Gasteiger partial charge in [-0.15, -0.1) is 0 Å². The highest BCUT2D eigenvalue weighted by Crippen LogP contribution is 2.33. The maximum atomic E-state index is 11.0. The number of likely N-dealkylation sites (N-methyl/N-ethyl adjacent to an activating group) is 2. The first-order valence-corrected chi connectivity index (χ1v) is 6.10. The van der Waals surface area contributed by atoms with Crippen molar-refractivity contribution in [2.45, 2.75) is 38.8 Å². The van der Waals surface area contributed by atoms with Crippen molar-refractivity contribution in [3.8, 4) is 0 Å². The summed E-state index contributed by atoms with van der Waals surface area (Å²) in [5.41, 5.74) is 0. The number of carbonyl (C=O) groups is 1. The van der Waals surface area contributed by atoms with Crippen LogP contribution >= 0.6 is 0 Å². The molecule has 1 rings (SSSR count). The van der Waals surface area contributed by atoms with Crippen molar-refractivity contribution in [1.82, 2.24) is 9.80 Å². The van der Waals surface area contributed by atoms with Crippen LogP contribution < -0.4 is 0 Å². The Balaban J connectivity index is 2.56. The van der Waals surface area contributed by atoms with E-state index in [0.29, 0.717) is 6.04 Å². The molecule has 0 amide bonds. The number of hydrogen-bond donors (Lipinski definition) is 1. The summed E-state index contributed by atoms with van der Waals surface area (Å²) in [6, 6.07) is 0.671. The van der Waals surface area contributed by atoms with Crippen LogP contribution in [0.4, 0.5) is 0 Å². The van der Waals surface area contributed by atoms with E-state index in [-0.39, 0.29) is 12.0 Å². The molecule has 0 bridgehead atoms. The topological polar surface area (TPSA) is 43.8 Å². The first-order chi connectivity index (χ1) is 7.47. The van der Waals surface area contributed by atoms with E-state index in [1.54, 1.807) is 0 Å². The molecular formula is C12H24N2O2. The molecule has 0 aromatic carbocycles. The number of carboxylic acids is 1. The maximum absolute atomic E-state index is 11.0. The van der Waals surface area contributed by atoms with Crippen molar-refractivity contribution in [2.24, 2.45) is 5.92 Å². The summed E-state index contributed by atoms with van der Waals surface area (Å²) >= 11 is 0. The Morgan fingerprint density at radius 3 is 2.38 bits per heavy atom. The van der Waals surface area contributed by atoms with Gasteiger partial charge in [-0.25, -0.2) is 0 Å². The number of hydrogen-bond acceptors (Lipinski definition) is 3. The Morgan fingerprint density at radius 1 is 1.44 bits per heavy atom. The summed E-state index contributed by atoms with van der Waals surface area (Å²) in [4.78, 5) is 15.5.